The maximum Gasteiger partial charge on any atom is 0.326 e. The molecule has 5 nitrogen and oxygen atoms in total. The molecule has 0 fully saturated rings. The van der Waals surface area contributed by atoms with Gasteiger partial charge in [0.2, 0.25) is 5.91 Å². The van der Waals surface area contributed by atoms with Crippen molar-refractivity contribution < 1.29 is 14.7 Å². The van der Waals surface area contributed by atoms with E-state index < -0.39 is 12.0 Å². The molecule has 0 heterocycles. The van der Waals surface area contributed by atoms with Gasteiger partial charge < -0.3 is 16.2 Å². The lowest BCUT2D eigenvalue weighted by Gasteiger charge is -2.16. The van der Waals surface area contributed by atoms with Crippen LogP contribution in [-0.2, 0) is 9.59 Å². The summed E-state index contributed by atoms with van der Waals surface area (Å²) in [6, 6.07) is -0.769. The SMILES string of the molecule is CCC(CCN)CCC(=O)NC(CCSC)C(=O)O. The van der Waals surface area contributed by atoms with Gasteiger partial charge in [0.05, 0.1) is 0 Å². The molecule has 2 unspecified atom stereocenters. The molecule has 0 aliphatic carbocycles. The Morgan fingerprint density at radius 1 is 1.32 bits per heavy atom. The fraction of sp³-hybridized carbons (Fsp3) is 0.846. The van der Waals surface area contributed by atoms with Crippen LogP contribution in [0.3, 0.4) is 0 Å². The van der Waals surface area contributed by atoms with Gasteiger partial charge in [0.1, 0.15) is 6.04 Å². The third-order valence-electron chi connectivity index (χ3n) is 3.18. The van der Waals surface area contributed by atoms with Crippen molar-refractivity contribution in [3.8, 4) is 0 Å². The van der Waals surface area contributed by atoms with Crippen molar-refractivity contribution in [3.63, 3.8) is 0 Å². The van der Waals surface area contributed by atoms with Crippen LogP contribution in [-0.4, -0.2) is 41.6 Å². The summed E-state index contributed by atoms with van der Waals surface area (Å²) in [4.78, 5) is 22.7. The number of carbonyl (C=O) groups excluding carboxylic acids is 1. The zero-order valence-corrected chi connectivity index (χ0v) is 12.7. The summed E-state index contributed by atoms with van der Waals surface area (Å²) in [5.74, 6) is 0.0350. The van der Waals surface area contributed by atoms with E-state index in [1.165, 1.54) is 0 Å². The Morgan fingerprint density at radius 2 is 2.00 bits per heavy atom. The van der Waals surface area contributed by atoms with E-state index in [0.717, 1.165) is 25.0 Å². The van der Waals surface area contributed by atoms with Gasteiger partial charge in [0.15, 0.2) is 0 Å². The molecule has 0 aromatic rings. The molecule has 19 heavy (non-hydrogen) atoms. The monoisotopic (exact) mass is 290 g/mol. The summed E-state index contributed by atoms with van der Waals surface area (Å²) < 4.78 is 0. The summed E-state index contributed by atoms with van der Waals surface area (Å²) in [7, 11) is 0. The molecule has 0 aliphatic heterocycles. The van der Waals surface area contributed by atoms with Crippen LogP contribution in [0.5, 0.6) is 0 Å². The highest BCUT2D eigenvalue weighted by Crippen LogP contribution is 2.14. The number of nitrogens with two attached hydrogens (primary N) is 1. The minimum absolute atomic E-state index is 0.177. The summed E-state index contributed by atoms with van der Waals surface area (Å²) in [5, 5.41) is 11.6. The predicted molar refractivity (Wildman–Crippen MR) is 79.3 cm³/mol. The van der Waals surface area contributed by atoms with Gasteiger partial charge in [0.25, 0.3) is 0 Å². The van der Waals surface area contributed by atoms with Crippen LogP contribution in [0.2, 0.25) is 0 Å². The van der Waals surface area contributed by atoms with Gasteiger partial charge in [-0.2, -0.15) is 11.8 Å². The average molecular weight is 290 g/mol. The van der Waals surface area contributed by atoms with Crippen molar-refractivity contribution in [1.82, 2.24) is 5.32 Å². The number of carbonyl (C=O) groups is 2. The highest BCUT2D eigenvalue weighted by atomic mass is 32.2. The van der Waals surface area contributed by atoms with Crippen LogP contribution in [0.15, 0.2) is 0 Å². The minimum Gasteiger partial charge on any atom is -0.480 e. The first kappa shape index (κ1) is 18.2. The Bertz CT molecular complexity index is 275. The lowest BCUT2D eigenvalue weighted by atomic mass is 9.96. The van der Waals surface area contributed by atoms with Crippen LogP contribution in [0, 0.1) is 5.92 Å². The van der Waals surface area contributed by atoms with Gasteiger partial charge in [-0.25, -0.2) is 4.79 Å². The van der Waals surface area contributed by atoms with Gasteiger partial charge in [-0.3, -0.25) is 4.79 Å². The van der Waals surface area contributed by atoms with Crippen molar-refractivity contribution in [2.24, 2.45) is 11.7 Å². The summed E-state index contributed by atoms with van der Waals surface area (Å²) in [6.45, 7) is 2.71. The van der Waals surface area contributed by atoms with Gasteiger partial charge in [-0.15, -0.1) is 0 Å². The van der Waals surface area contributed by atoms with Crippen molar-refractivity contribution in [3.05, 3.63) is 0 Å². The largest absolute Gasteiger partial charge is 0.480 e. The number of carboxylic acid groups (broad SMARTS) is 1. The molecule has 0 saturated heterocycles. The average Bonchev–Trinajstić information content (AvgIpc) is 2.38. The molecule has 4 N–H and O–H groups in total. The number of carboxylic acids is 1. The molecule has 0 bridgehead atoms. The number of aliphatic carboxylic acids is 1. The molecule has 0 spiro atoms. The topological polar surface area (TPSA) is 92.4 Å². The summed E-state index contributed by atoms with van der Waals surface area (Å²) >= 11 is 1.57. The van der Waals surface area contributed by atoms with Crippen molar-refractivity contribution in [2.75, 3.05) is 18.6 Å². The number of hydrogen-bond acceptors (Lipinski definition) is 4. The zero-order chi connectivity index (χ0) is 14.7. The first-order valence-electron chi connectivity index (χ1n) is 6.76. The molecule has 1 amide bonds. The lowest BCUT2D eigenvalue weighted by molar-refractivity contribution is -0.141. The molecule has 0 aliphatic rings. The van der Waals surface area contributed by atoms with Gasteiger partial charge in [0, 0.05) is 6.42 Å². The second-order valence-corrected chi connectivity index (χ2v) is 5.62. The normalized spacial score (nSPS) is 13.8. The Morgan fingerprint density at radius 3 is 2.47 bits per heavy atom. The number of thioether (sulfide) groups is 1. The van der Waals surface area contributed by atoms with Crippen molar-refractivity contribution in [1.29, 1.82) is 0 Å². The van der Waals surface area contributed by atoms with E-state index in [-0.39, 0.29) is 5.91 Å². The molecule has 6 heteroatoms. The Kier molecular flexibility index (Phi) is 10.7. The highest BCUT2D eigenvalue weighted by molar-refractivity contribution is 7.98. The van der Waals surface area contributed by atoms with E-state index in [4.69, 9.17) is 10.8 Å². The molecular weight excluding hydrogens is 264 g/mol. The number of nitrogens with one attached hydrogen (secondary N) is 1. The number of amides is 1. The molecule has 2 atom stereocenters. The standard InChI is InChI=1S/C13H26N2O3S/c1-3-10(6-8-14)4-5-12(16)15-11(13(17)18)7-9-19-2/h10-11H,3-9,14H2,1-2H3,(H,15,16)(H,17,18). The Hall–Kier alpha value is -0.750. The van der Waals surface area contributed by atoms with E-state index in [1.54, 1.807) is 11.8 Å². The Balaban J connectivity index is 4.07. The third kappa shape index (κ3) is 8.88. The number of hydrogen-bond donors (Lipinski definition) is 3. The van der Waals surface area contributed by atoms with Crippen LogP contribution in [0.1, 0.15) is 39.0 Å². The maximum absolute atomic E-state index is 11.7. The Labute approximate surface area is 119 Å². The first-order chi connectivity index (χ1) is 9.04. The van der Waals surface area contributed by atoms with Crippen LogP contribution >= 0.6 is 11.8 Å². The van der Waals surface area contributed by atoms with E-state index in [9.17, 15) is 9.59 Å². The van der Waals surface area contributed by atoms with E-state index in [1.807, 2.05) is 6.26 Å². The van der Waals surface area contributed by atoms with E-state index in [2.05, 4.69) is 12.2 Å². The quantitative estimate of drug-likeness (QED) is 0.536. The minimum atomic E-state index is -0.962. The zero-order valence-electron chi connectivity index (χ0n) is 11.9. The maximum atomic E-state index is 11.7. The number of rotatable bonds is 11. The highest BCUT2D eigenvalue weighted by Gasteiger charge is 2.19. The molecule has 0 rings (SSSR count). The fourth-order valence-corrected chi connectivity index (χ4v) is 2.35. The van der Waals surface area contributed by atoms with Crippen molar-refractivity contribution >= 4 is 23.6 Å². The predicted octanol–water partition coefficient (Wildman–Crippen LogP) is 1.46. The molecule has 0 aromatic heterocycles. The van der Waals surface area contributed by atoms with Gasteiger partial charge in [-0.1, -0.05) is 13.3 Å². The van der Waals surface area contributed by atoms with Crippen molar-refractivity contribution in [2.45, 2.75) is 45.1 Å². The van der Waals surface area contributed by atoms with Gasteiger partial charge >= 0.3 is 5.97 Å². The van der Waals surface area contributed by atoms with Crippen LogP contribution < -0.4 is 11.1 Å². The van der Waals surface area contributed by atoms with Crippen LogP contribution in [0.25, 0.3) is 0 Å². The second-order valence-electron chi connectivity index (χ2n) is 4.63. The van der Waals surface area contributed by atoms with E-state index in [0.29, 0.717) is 25.3 Å². The second kappa shape index (κ2) is 11.1. The lowest BCUT2D eigenvalue weighted by Crippen LogP contribution is -2.41. The molecule has 0 aromatic carbocycles. The smallest absolute Gasteiger partial charge is 0.326 e. The first-order valence-corrected chi connectivity index (χ1v) is 8.15. The molecule has 112 valence electrons. The molecule has 0 radical (unpaired) electrons. The molecule has 0 saturated carbocycles. The third-order valence-corrected chi connectivity index (χ3v) is 3.82. The van der Waals surface area contributed by atoms with Gasteiger partial charge in [-0.05, 0) is 43.7 Å². The summed E-state index contributed by atoms with van der Waals surface area (Å²) in [5.41, 5.74) is 5.51. The molecular formula is C13H26N2O3S. The fourth-order valence-electron chi connectivity index (χ4n) is 1.88. The van der Waals surface area contributed by atoms with E-state index >= 15 is 0 Å². The summed E-state index contributed by atoms with van der Waals surface area (Å²) in [6.07, 6.45) is 5.44. The van der Waals surface area contributed by atoms with Crippen LogP contribution in [0.4, 0.5) is 0 Å².